The molecule has 0 atom stereocenters. The van der Waals surface area contributed by atoms with Crippen LogP contribution in [0.4, 0.5) is 5.69 Å². The van der Waals surface area contributed by atoms with Gasteiger partial charge in [0.15, 0.2) is 0 Å². The number of aromatic nitrogens is 1. The molecular formula is C15H16BrClN2O. The molecule has 0 saturated carbocycles. The lowest BCUT2D eigenvalue weighted by Crippen LogP contribution is -2.17. The van der Waals surface area contributed by atoms with E-state index < -0.39 is 0 Å². The van der Waals surface area contributed by atoms with E-state index in [1.807, 2.05) is 29.7 Å². The summed E-state index contributed by atoms with van der Waals surface area (Å²) in [6.07, 6.45) is 2.73. The molecule has 2 aromatic rings. The minimum atomic E-state index is -0.147. The Bertz CT molecular complexity index is 637. The molecule has 1 heterocycles. The molecule has 0 spiro atoms. The van der Waals surface area contributed by atoms with Gasteiger partial charge >= 0.3 is 0 Å². The van der Waals surface area contributed by atoms with Crippen molar-refractivity contribution in [3.05, 3.63) is 51.2 Å². The average Bonchev–Trinajstić information content (AvgIpc) is 2.76. The molecule has 2 rings (SSSR count). The van der Waals surface area contributed by atoms with Crippen molar-refractivity contribution in [1.82, 2.24) is 4.57 Å². The predicted molar refractivity (Wildman–Crippen MR) is 86.6 cm³/mol. The van der Waals surface area contributed by atoms with Gasteiger partial charge in [-0.3, -0.25) is 4.79 Å². The summed E-state index contributed by atoms with van der Waals surface area (Å²) in [5.74, 6) is -0.147. The van der Waals surface area contributed by atoms with Crippen LogP contribution in [0.2, 0.25) is 5.02 Å². The number of carbonyl (C=O) groups is 1. The molecule has 1 amide bonds. The van der Waals surface area contributed by atoms with Crippen molar-refractivity contribution in [3.8, 4) is 0 Å². The summed E-state index contributed by atoms with van der Waals surface area (Å²) in [6.45, 7) is 4.79. The number of hydrogen-bond acceptors (Lipinski definition) is 1. The third-order valence-electron chi connectivity index (χ3n) is 3.08. The monoisotopic (exact) mass is 354 g/mol. The van der Waals surface area contributed by atoms with Gasteiger partial charge in [0.05, 0.1) is 5.02 Å². The first-order valence-electron chi connectivity index (χ1n) is 6.45. The van der Waals surface area contributed by atoms with Crippen molar-refractivity contribution in [2.45, 2.75) is 26.8 Å². The Morgan fingerprint density at radius 3 is 2.90 bits per heavy atom. The number of anilines is 1. The highest BCUT2D eigenvalue weighted by Gasteiger charge is 2.14. The van der Waals surface area contributed by atoms with Crippen LogP contribution in [0.25, 0.3) is 0 Å². The number of amides is 1. The van der Waals surface area contributed by atoms with Gasteiger partial charge in [0, 0.05) is 22.9 Å². The lowest BCUT2D eigenvalue weighted by atomic mass is 10.2. The maximum absolute atomic E-state index is 12.4. The standard InChI is InChI=1S/C15H16BrClN2O/c1-3-7-19-9-11(17)8-14(19)15(20)18-13-6-4-5-12(16)10(13)2/h4-6,8-9H,3,7H2,1-2H3,(H,18,20). The first-order chi connectivity index (χ1) is 9.52. The van der Waals surface area contributed by atoms with E-state index in [-0.39, 0.29) is 5.91 Å². The van der Waals surface area contributed by atoms with Crippen LogP contribution in [0.5, 0.6) is 0 Å². The van der Waals surface area contributed by atoms with E-state index in [4.69, 9.17) is 11.6 Å². The Morgan fingerprint density at radius 1 is 1.45 bits per heavy atom. The molecule has 0 unspecified atom stereocenters. The van der Waals surface area contributed by atoms with Gasteiger partial charge in [-0.25, -0.2) is 0 Å². The molecule has 5 heteroatoms. The number of halogens is 2. The highest BCUT2D eigenvalue weighted by Crippen LogP contribution is 2.24. The van der Waals surface area contributed by atoms with Gasteiger partial charge in [-0.1, -0.05) is 40.5 Å². The van der Waals surface area contributed by atoms with Crippen LogP contribution in [0, 0.1) is 6.92 Å². The molecule has 0 fully saturated rings. The number of rotatable bonds is 4. The molecule has 0 aliphatic rings. The van der Waals surface area contributed by atoms with Crippen LogP contribution < -0.4 is 5.32 Å². The van der Waals surface area contributed by atoms with Crippen LogP contribution in [-0.2, 0) is 6.54 Å². The number of aryl methyl sites for hydroxylation is 1. The largest absolute Gasteiger partial charge is 0.342 e. The Morgan fingerprint density at radius 2 is 2.20 bits per heavy atom. The van der Waals surface area contributed by atoms with Crippen LogP contribution in [0.1, 0.15) is 29.4 Å². The molecule has 1 aromatic carbocycles. The molecule has 0 aliphatic carbocycles. The van der Waals surface area contributed by atoms with Crippen LogP contribution in [0.15, 0.2) is 34.9 Å². The summed E-state index contributed by atoms with van der Waals surface area (Å²) in [5, 5.41) is 3.51. The summed E-state index contributed by atoms with van der Waals surface area (Å²) >= 11 is 9.45. The van der Waals surface area contributed by atoms with Crippen molar-refractivity contribution in [2.24, 2.45) is 0 Å². The zero-order valence-electron chi connectivity index (χ0n) is 11.4. The lowest BCUT2D eigenvalue weighted by Gasteiger charge is -2.11. The molecule has 0 saturated heterocycles. The summed E-state index contributed by atoms with van der Waals surface area (Å²) in [4.78, 5) is 12.4. The fraction of sp³-hybridized carbons (Fsp3) is 0.267. The Kier molecular flexibility index (Phi) is 4.89. The quantitative estimate of drug-likeness (QED) is 0.833. The molecule has 106 valence electrons. The van der Waals surface area contributed by atoms with Crippen LogP contribution in [0.3, 0.4) is 0 Å². The summed E-state index contributed by atoms with van der Waals surface area (Å²) < 4.78 is 2.85. The highest BCUT2D eigenvalue weighted by molar-refractivity contribution is 9.10. The van der Waals surface area contributed by atoms with Gasteiger partial charge in [0.25, 0.3) is 5.91 Å². The minimum Gasteiger partial charge on any atom is -0.342 e. The molecule has 0 radical (unpaired) electrons. The molecule has 1 aromatic heterocycles. The van der Waals surface area contributed by atoms with Crippen molar-refractivity contribution in [1.29, 1.82) is 0 Å². The number of nitrogens with one attached hydrogen (secondary N) is 1. The van der Waals surface area contributed by atoms with Gasteiger partial charge in [0.2, 0.25) is 0 Å². The van der Waals surface area contributed by atoms with Gasteiger partial charge < -0.3 is 9.88 Å². The first kappa shape index (κ1) is 15.1. The van der Waals surface area contributed by atoms with Crippen molar-refractivity contribution >= 4 is 39.1 Å². The van der Waals surface area contributed by atoms with Gasteiger partial charge in [0.1, 0.15) is 5.69 Å². The average molecular weight is 356 g/mol. The molecule has 0 bridgehead atoms. The first-order valence-corrected chi connectivity index (χ1v) is 7.62. The summed E-state index contributed by atoms with van der Waals surface area (Å²) in [5.41, 5.74) is 2.38. The molecule has 20 heavy (non-hydrogen) atoms. The van der Waals surface area contributed by atoms with E-state index in [1.54, 1.807) is 12.3 Å². The van der Waals surface area contributed by atoms with E-state index in [0.29, 0.717) is 10.7 Å². The third-order valence-corrected chi connectivity index (χ3v) is 4.14. The second-order valence-corrected chi connectivity index (χ2v) is 5.89. The highest BCUT2D eigenvalue weighted by atomic mass is 79.9. The summed E-state index contributed by atoms with van der Waals surface area (Å²) in [7, 11) is 0. The van der Waals surface area contributed by atoms with E-state index in [0.717, 1.165) is 28.7 Å². The molecule has 0 aliphatic heterocycles. The lowest BCUT2D eigenvalue weighted by molar-refractivity contribution is 0.101. The fourth-order valence-corrected chi connectivity index (χ4v) is 2.61. The van der Waals surface area contributed by atoms with Crippen LogP contribution in [-0.4, -0.2) is 10.5 Å². The topological polar surface area (TPSA) is 34.0 Å². The van der Waals surface area contributed by atoms with Crippen molar-refractivity contribution < 1.29 is 4.79 Å². The Labute approximate surface area is 132 Å². The number of carbonyl (C=O) groups excluding carboxylic acids is 1. The number of hydrogen-bond donors (Lipinski definition) is 1. The fourth-order valence-electron chi connectivity index (χ4n) is 2.02. The second-order valence-electron chi connectivity index (χ2n) is 4.60. The van der Waals surface area contributed by atoms with E-state index >= 15 is 0 Å². The Hall–Kier alpha value is -1.26. The maximum atomic E-state index is 12.4. The van der Waals surface area contributed by atoms with Gasteiger partial charge in [-0.15, -0.1) is 0 Å². The van der Waals surface area contributed by atoms with Crippen molar-refractivity contribution in [3.63, 3.8) is 0 Å². The number of benzene rings is 1. The van der Waals surface area contributed by atoms with Crippen molar-refractivity contribution in [2.75, 3.05) is 5.32 Å². The molecular weight excluding hydrogens is 340 g/mol. The minimum absolute atomic E-state index is 0.147. The molecule has 3 nitrogen and oxygen atoms in total. The maximum Gasteiger partial charge on any atom is 0.272 e. The smallest absolute Gasteiger partial charge is 0.272 e. The second kappa shape index (κ2) is 6.46. The zero-order valence-corrected chi connectivity index (χ0v) is 13.8. The van der Waals surface area contributed by atoms with Gasteiger partial charge in [-0.05, 0) is 37.1 Å². The summed E-state index contributed by atoms with van der Waals surface area (Å²) in [6, 6.07) is 7.42. The molecule has 1 N–H and O–H groups in total. The van der Waals surface area contributed by atoms with E-state index in [1.165, 1.54) is 0 Å². The zero-order chi connectivity index (χ0) is 14.7. The third kappa shape index (κ3) is 3.25. The number of nitrogens with zero attached hydrogens (tertiary/aromatic N) is 1. The van der Waals surface area contributed by atoms with E-state index in [9.17, 15) is 4.79 Å². The normalized spacial score (nSPS) is 10.6. The van der Waals surface area contributed by atoms with Gasteiger partial charge in [-0.2, -0.15) is 0 Å². The SMILES string of the molecule is CCCn1cc(Cl)cc1C(=O)Nc1cccc(Br)c1C. The Balaban J connectivity index is 2.26. The predicted octanol–water partition coefficient (Wildman–Crippen LogP) is 4.87. The van der Waals surface area contributed by atoms with E-state index in [2.05, 4.69) is 28.2 Å². The van der Waals surface area contributed by atoms with Crippen LogP contribution >= 0.6 is 27.5 Å².